The fourth-order valence-electron chi connectivity index (χ4n) is 2.48. The number of thioether (sulfide) groups is 1. The lowest BCUT2D eigenvalue weighted by atomic mass is 10.2. The molecule has 0 saturated heterocycles. The molecule has 0 bridgehead atoms. The second-order valence-electron chi connectivity index (χ2n) is 6.34. The number of anilines is 1. The van der Waals surface area contributed by atoms with E-state index in [0.717, 1.165) is 22.5 Å². The molecule has 3 aromatic rings. The second-order valence-corrected chi connectivity index (χ2v) is 7.28. The highest BCUT2D eigenvalue weighted by molar-refractivity contribution is 7.99. The van der Waals surface area contributed by atoms with Crippen LogP contribution < -0.4 is 10.2 Å². The summed E-state index contributed by atoms with van der Waals surface area (Å²) in [5.74, 6) is 0.192. The van der Waals surface area contributed by atoms with Crippen LogP contribution in [-0.2, 0) is 11.3 Å². The van der Waals surface area contributed by atoms with Gasteiger partial charge in [-0.3, -0.25) is 4.79 Å². The van der Waals surface area contributed by atoms with E-state index in [1.165, 1.54) is 11.8 Å². The van der Waals surface area contributed by atoms with Gasteiger partial charge in [0.25, 0.3) is 0 Å². The van der Waals surface area contributed by atoms with E-state index in [9.17, 15) is 4.79 Å². The molecule has 27 heavy (non-hydrogen) atoms. The van der Waals surface area contributed by atoms with E-state index in [4.69, 9.17) is 0 Å². The summed E-state index contributed by atoms with van der Waals surface area (Å²) >= 11 is 1.31. The topological polar surface area (TPSA) is 75.9 Å². The first kappa shape index (κ1) is 18.9. The molecule has 0 radical (unpaired) electrons. The number of nitrogens with one attached hydrogen (secondary N) is 1. The van der Waals surface area contributed by atoms with Gasteiger partial charge in [0.1, 0.15) is 0 Å². The monoisotopic (exact) mass is 382 g/mol. The number of aromatic nitrogens is 4. The molecule has 8 heteroatoms. The summed E-state index contributed by atoms with van der Waals surface area (Å²) in [5.41, 5.74) is 4.19. The summed E-state index contributed by atoms with van der Waals surface area (Å²) in [5, 5.41) is 15.3. The molecule has 0 atom stereocenters. The fourth-order valence-corrected chi connectivity index (χ4v) is 3.21. The fraction of sp³-hybridized carbons (Fsp3) is 0.263. The highest BCUT2D eigenvalue weighted by Crippen LogP contribution is 2.18. The molecule has 2 aromatic carbocycles. The van der Waals surface area contributed by atoms with E-state index in [0.29, 0.717) is 11.7 Å². The minimum atomic E-state index is -0.0597. The lowest BCUT2D eigenvalue weighted by Crippen LogP contribution is -2.24. The highest BCUT2D eigenvalue weighted by atomic mass is 32.2. The van der Waals surface area contributed by atoms with Gasteiger partial charge in [0.2, 0.25) is 11.1 Å². The van der Waals surface area contributed by atoms with Crippen LogP contribution in [0.3, 0.4) is 0 Å². The largest absolute Gasteiger partial charge is 0.378 e. The molecule has 0 unspecified atom stereocenters. The van der Waals surface area contributed by atoms with Gasteiger partial charge in [0.15, 0.2) is 0 Å². The zero-order valence-electron chi connectivity index (χ0n) is 15.6. The highest BCUT2D eigenvalue weighted by Gasteiger charge is 2.11. The Balaban J connectivity index is 1.53. The molecule has 1 heterocycles. The van der Waals surface area contributed by atoms with Crippen LogP contribution in [0.15, 0.2) is 53.7 Å². The van der Waals surface area contributed by atoms with Crippen molar-refractivity contribution in [3.05, 3.63) is 59.7 Å². The van der Waals surface area contributed by atoms with Crippen molar-refractivity contribution in [2.24, 2.45) is 0 Å². The quantitative estimate of drug-likeness (QED) is 0.633. The van der Waals surface area contributed by atoms with Gasteiger partial charge in [-0.1, -0.05) is 36.0 Å². The Hall–Kier alpha value is -2.87. The van der Waals surface area contributed by atoms with E-state index in [-0.39, 0.29) is 11.7 Å². The van der Waals surface area contributed by atoms with E-state index >= 15 is 0 Å². The summed E-state index contributed by atoms with van der Waals surface area (Å²) in [4.78, 5) is 14.2. The Bertz CT molecular complexity index is 907. The number of carbonyl (C=O) groups excluding carboxylic acids is 1. The zero-order chi connectivity index (χ0) is 19.2. The first-order chi connectivity index (χ1) is 13.0. The van der Waals surface area contributed by atoms with Gasteiger partial charge in [0.05, 0.1) is 11.4 Å². The SMILES string of the molecule is Cc1cccc(-n2nnnc2SCC(=O)NCc2ccc(N(C)C)cc2)c1. The first-order valence-corrected chi connectivity index (χ1v) is 9.52. The average Bonchev–Trinajstić information content (AvgIpc) is 3.13. The van der Waals surface area contributed by atoms with Crippen molar-refractivity contribution in [1.29, 1.82) is 0 Å². The number of carbonyl (C=O) groups is 1. The number of rotatable bonds is 7. The lowest BCUT2D eigenvalue weighted by molar-refractivity contribution is -0.118. The molecule has 0 aliphatic heterocycles. The Labute approximate surface area is 162 Å². The predicted octanol–water partition coefficient (Wildman–Crippen LogP) is 2.45. The zero-order valence-corrected chi connectivity index (χ0v) is 16.4. The molecule has 140 valence electrons. The number of hydrogen-bond donors (Lipinski definition) is 1. The van der Waals surface area contributed by atoms with E-state index in [1.54, 1.807) is 4.68 Å². The van der Waals surface area contributed by atoms with Crippen LogP contribution in [0.4, 0.5) is 5.69 Å². The maximum atomic E-state index is 12.2. The summed E-state index contributed by atoms with van der Waals surface area (Å²) in [6.45, 7) is 2.51. The number of hydrogen-bond acceptors (Lipinski definition) is 6. The third-order valence-corrected chi connectivity index (χ3v) is 4.88. The maximum absolute atomic E-state index is 12.2. The van der Waals surface area contributed by atoms with E-state index < -0.39 is 0 Å². The van der Waals surface area contributed by atoms with Crippen molar-refractivity contribution in [3.8, 4) is 5.69 Å². The molecule has 1 N–H and O–H groups in total. The molecule has 0 fully saturated rings. The van der Waals surface area contributed by atoms with Gasteiger partial charge in [-0.25, -0.2) is 0 Å². The minimum Gasteiger partial charge on any atom is -0.378 e. The normalized spacial score (nSPS) is 10.6. The van der Waals surface area contributed by atoms with Crippen molar-refractivity contribution in [2.75, 3.05) is 24.7 Å². The van der Waals surface area contributed by atoms with Gasteiger partial charge in [-0.15, -0.1) is 5.10 Å². The van der Waals surface area contributed by atoms with Crippen LogP contribution in [0.2, 0.25) is 0 Å². The van der Waals surface area contributed by atoms with Crippen LogP contribution in [0, 0.1) is 6.92 Å². The lowest BCUT2D eigenvalue weighted by Gasteiger charge is -2.12. The van der Waals surface area contributed by atoms with Crippen molar-refractivity contribution in [2.45, 2.75) is 18.6 Å². The maximum Gasteiger partial charge on any atom is 0.230 e. The second kappa shape index (κ2) is 8.68. The minimum absolute atomic E-state index is 0.0597. The average molecular weight is 382 g/mol. The first-order valence-electron chi connectivity index (χ1n) is 8.54. The summed E-state index contributed by atoms with van der Waals surface area (Å²) in [7, 11) is 4.00. The number of nitrogens with zero attached hydrogens (tertiary/aromatic N) is 5. The van der Waals surface area contributed by atoms with Gasteiger partial charge < -0.3 is 10.2 Å². The molecule has 1 aromatic heterocycles. The number of aryl methyl sites for hydroxylation is 1. The summed E-state index contributed by atoms with van der Waals surface area (Å²) in [6.07, 6.45) is 0. The van der Waals surface area contributed by atoms with Gasteiger partial charge in [0, 0.05) is 26.3 Å². The van der Waals surface area contributed by atoms with Gasteiger partial charge in [-0.05, 0) is 52.7 Å². The molecule has 0 aliphatic carbocycles. The summed E-state index contributed by atoms with van der Waals surface area (Å²) < 4.78 is 1.64. The van der Waals surface area contributed by atoms with Crippen LogP contribution in [0.1, 0.15) is 11.1 Å². The smallest absolute Gasteiger partial charge is 0.230 e. The third-order valence-electron chi connectivity index (χ3n) is 3.96. The standard InChI is InChI=1S/C19H22N6OS/c1-14-5-4-6-17(11-14)25-19(21-22-23-25)27-13-18(26)20-12-15-7-9-16(10-8-15)24(2)3/h4-11H,12-13H2,1-3H3,(H,20,26). The number of benzene rings is 2. The molecular formula is C19H22N6OS. The Morgan fingerprint density at radius 1 is 1.19 bits per heavy atom. The number of amides is 1. The Morgan fingerprint density at radius 2 is 1.96 bits per heavy atom. The van der Waals surface area contributed by atoms with Crippen LogP contribution >= 0.6 is 11.8 Å². The molecule has 7 nitrogen and oxygen atoms in total. The number of tetrazole rings is 1. The molecule has 0 aliphatic rings. The van der Waals surface area contributed by atoms with Crippen molar-refractivity contribution in [3.63, 3.8) is 0 Å². The Kier molecular flexibility index (Phi) is 6.08. The summed E-state index contributed by atoms with van der Waals surface area (Å²) in [6, 6.07) is 16.0. The Morgan fingerprint density at radius 3 is 2.67 bits per heavy atom. The predicted molar refractivity (Wildman–Crippen MR) is 107 cm³/mol. The van der Waals surface area contributed by atoms with Crippen molar-refractivity contribution in [1.82, 2.24) is 25.5 Å². The van der Waals surface area contributed by atoms with Crippen LogP contribution in [0.25, 0.3) is 5.69 Å². The van der Waals surface area contributed by atoms with E-state index in [1.807, 2.05) is 74.4 Å². The third kappa shape index (κ3) is 5.07. The molecule has 0 saturated carbocycles. The van der Waals surface area contributed by atoms with Crippen molar-refractivity contribution >= 4 is 23.4 Å². The molecule has 1 amide bonds. The van der Waals surface area contributed by atoms with Gasteiger partial charge in [-0.2, -0.15) is 4.68 Å². The van der Waals surface area contributed by atoms with Gasteiger partial charge >= 0.3 is 0 Å². The molecule has 3 rings (SSSR count). The molecular weight excluding hydrogens is 360 g/mol. The van der Waals surface area contributed by atoms with Crippen molar-refractivity contribution < 1.29 is 4.79 Å². The van der Waals surface area contributed by atoms with Crippen LogP contribution in [-0.4, -0.2) is 46.0 Å². The van der Waals surface area contributed by atoms with Crippen LogP contribution in [0.5, 0.6) is 0 Å². The van der Waals surface area contributed by atoms with E-state index in [2.05, 4.69) is 20.8 Å². The molecule has 0 spiro atoms.